The second-order valence-electron chi connectivity index (χ2n) is 4.70. The van der Waals surface area contributed by atoms with Gasteiger partial charge in [0.1, 0.15) is 0 Å². The smallest absolute Gasteiger partial charge is 0.313 e. The van der Waals surface area contributed by atoms with Crippen LogP contribution in [-0.2, 0) is 0 Å². The van der Waals surface area contributed by atoms with Crippen LogP contribution in [0.2, 0.25) is 0 Å². The largest absolute Gasteiger partial charge is 0.486 e. The van der Waals surface area contributed by atoms with Gasteiger partial charge >= 0.3 is 5.69 Å². The third kappa shape index (κ3) is 3.58. The third-order valence-corrected chi connectivity index (χ3v) is 4.01. The van der Waals surface area contributed by atoms with Crippen molar-refractivity contribution >= 4 is 28.3 Å². The lowest BCUT2D eigenvalue weighted by Crippen LogP contribution is -2.33. The quantitative estimate of drug-likeness (QED) is 0.487. The van der Waals surface area contributed by atoms with Crippen LogP contribution >= 0.6 is 22.6 Å². The number of ether oxygens (including phenoxy) is 1. The van der Waals surface area contributed by atoms with E-state index in [0.717, 1.165) is 25.9 Å². The highest BCUT2D eigenvalue weighted by Crippen LogP contribution is 2.34. The van der Waals surface area contributed by atoms with Crippen LogP contribution in [0.4, 0.5) is 5.69 Å². The Morgan fingerprint density at radius 2 is 2.40 bits per heavy atom. The summed E-state index contributed by atoms with van der Waals surface area (Å²) in [5, 5.41) is 23.2. The van der Waals surface area contributed by atoms with Gasteiger partial charge in [0.05, 0.1) is 26.7 Å². The molecular weight excluding hydrogens is 373 g/mol. The number of nitro groups is 1. The van der Waals surface area contributed by atoms with E-state index in [9.17, 15) is 10.1 Å². The first kappa shape index (κ1) is 15.0. The molecule has 0 amide bonds. The Morgan fingerprint density at radius 3 is 3.00 bits per heavy atom. The van der Waals surface area contributed by atoms with E-state index in [1.807, 2.05) is 28.7 Å². The van der Waals surface area contributed by atoms with Crippen molar-refractivity contribution in [3.8, 4) is 11.8 Å². The molecule has 1 atom stereocenters. The Hall–Kier alpha value is -1.40. The summed E-state index contributed by atoms with van der Waals surface area (Å²) in [6.45, 7) is 2.35. The third-order valence-electron chi connectivity index (χ3n) is 3.21. The van der Waals surface area contributed by atoms with Crippen LogP contribution in [0.15, 0.2) is 12.1 Å². The van der Waals surface area contributed by atoms with Crippen molar-refractivity contribution in [3.63, 3.8) is 0 Å². The Bertz CT molecular complexity index is 551. The average molecular weight is 387 g/mol. The molecule has 20 heavy (non-hydrogen) atoms. The van der Waals surface area contributed by atoms with Gasteiger partial charge in [0.15, 0.2) is 0 Å². The second kappa shape index (κ2) is 6.85. The minimum Gasteiger partial charge on any atom is -0.486 e. The molecular formula is C13H14IN3O3. The van der Waals surface area contributed by atoms with Crippen LogP contribution in [0, 0.1) is 30.9 Å². The summed E-state index contributed by atoms with van der Waals surface area (Å²) >= 11 is 1.97. The highest BCUT2D eigenvalue weighted by molar-refractivity contribution is 14.1. The summed E-state index contributed by atoms with van der Waals surface area (Å²) < 4.78 is 6.26. The normalized spacial score (nSPS) is 18.3. The van der Waals surface area contributed by atoms with E-state index in [1.165, 1.54) is 6.07 Å². The van der Waals surface area contributed by atoms with E-state index in [0.29, 0.717) is 16.1 Å². The summed E-state index contributed by atoms with van der Waals surface area (Å²) in [7, 11) is 0. The number of benzene rings is 1. The molecule has 1 aromatic rings. The van der Waals surface area contributed by atoms with Crippen molar-refractivity contribution in [2.75, 3.05) is 19.7 Å². The molecule has 1 fully saturated rings. The lowest BCUT2D eigenvalue weighted by Gasteiger charge is -2.22. The number of halogens is 1. The zero-order valence-corrected chi connectivity index (χ0v) is 12.9. The molecule has 0 aromatic heterocycles. The fourth-order valence-electron chi connectivity index (χ4n) is 2.19. The highest BCUT2D eigenvalue weighted by atomic mass is 127. The zero-order valence-electron chi connectivity index (χ0n) is 10.8. The summed E-state index contributed by atoms with van der Waals surface area (Å²) in [5.41, 5.74) is 0.130. The van der Waals surface area contributed by atoms with Gasteiger partial charge in [-0.2, -0.15) is 5.26 Å². The minimum atomic E-state index is -0.503. The van der Waals surface area contributed by atoms with Crippen molar-refractivity contribution < 1.29 is 9.66 Å². The van der Waals surface area contributed by atoms with Gasteiger partial charge in [0, 0.05) is 18.5 Å². The van der Waals surface area contributed by atoms with Gasteiger partial charge in [0.25, 0.3) is 0 Å². The van der Waals surface area contributed by atoms with E-state index in [4.69, 9.17) is 10.00 Å². The maximum Gasteiger partial charge on any atom is 0.313 e. The number of nitro benzene ring substituents is 1. The molecule has 106 valence electrons. The van der Waals surface area contributed by atoms with E-state index in [1.54, 1.807) is 6.07 Å². The van der Waals surface area contributed by atoms with Crippen LogP contribution in [-0.4, -0.2) is 24.6 Å². The van der Waals surface area contributed by atoms with Gasteiger partial charge in [-0.3, -0.25) is 10.1 Å². The first-order chi connectivity index (χ1) is 9.61. The lowest BCUT2D eigenvalue weighted by atomic mass is 10.0. The standard InChI is InChI=1S/C13H14IN3O3/c14-11-4-10(6-15)5-12(17(18)19)13(11)20-8-9-2-1-3-16-7-9/h4-5,9,16H,1-3,7-8H2. The number of nitrogens with one attached hydrogen (secondary N) is 1. The van der Waals surface area contributed by atoms with Gasteiger partial charge < -0.3 is 10.1 Å². The summed E-state index contributed by atoms with van der Waals surface area (Å²) in [6, 6.07) is 4.78. The van der Waals surface area contributed by atoms with Crippen molar-refractivity contribution in [3.05, 3.63) is 31.4 Å². The average Bonchev–Trinajstić information content (AvgIpc) is 2.46. The van der Waals surface area contributed by atoms with Crippen LogP contribution in [0.1, 0.15) is 18.4 Å². The first-order valence-electron chi connectivity index (χ1n) is 6.33. The molecule has 0 aliphatic carbocycles. The predicted molar refractivity (Wildman–Crippen MR) is 81.6 cm³/mol. The van der Waals surface area contributed by atoms with Gasteiger partial charge in [-0.25, -0.2) is 0 Å². The van der Waals surface area contributed by atoms with E-state index in [2.05, 4.69) is 5.32 Å². The van der Waals surface area contributed by atoms with E-state index in [-0.39, 0.29) is 17.0 Å². The van der Waals surface area contributed by atoms with Crippen LogP contribution in [0.25, 0.3) is 0 Å². The number of nitriles is 1. The number of nitrogens with zero attached hydrogens (tertiary/aromatic N) is 2. The fraction of sp³-hybridized carbons (Fsp3) is 0.462. The molecule has 1 heterocycles. The summed E-state index contributed by atoms with van der Waals surface area (Å²) in [6.07, 6.45) is 2.16. The maximum atomic E-state index is 11.1. The van der Waals surface area contributed by atoms with Gasteiger partial charge in [-0.05, 0) is 48.0 Å². The van der Waals surface area contributed by atoms with Crippen LogP contribution in [0.5, 0.6) is 5.75 Å². The number of rotatable bonds is 4. The number of hydrogen-bond donors (Lipinski definition) is 1. The minimum absolute atomic E-state index is 0.141. The molecule has 0 saturated carbocycles. The van der Waals surface area contributed by atoms with Gasteiger partial charge in [0.2, 0.25) is 5.75 Å². The molecule has 1 unspecified atom stereocenters. The topological polar surface area (TPSA) is 88.2 Å². The van der Waals surface area contributed by atoms with Crippen molar-refractivity contribution in [1.82, 2.24) is 5.32 Å². The van der Waals surface area contributed by atoms with E-state index < -0.39 is 4.92 Å². The zero-order chi connectivity index (χ0) is 14.5. The molecule has 1 aromatic carbocycles. The fourth-order valence-corrected chi connectivity index (χ4v) is 2.96. The molecule has 1 aliphatic rings. The maximum absolute atomic E-state index is 11.1. The molecule has 0 radical (unpaired) electrons. The van der Waals surface area contributed by atoms with Crippen molar-refractivity contribution in [2.45, 2.75) is 12.8 Å². The van der Waals surface area contributed by atoms with Crippen molar-refractivity contribution in [2.24, 2.45) is 5.92 Å². The number of piperidine rings is 1. The molecule has 1 aliphatic heterocycles. The summed E-state index contributed by atoms with van der Waals surface area (Å²) in [5.74, 6) is 0.634. The van der Waals surface area contributed by atoms with Crippen molar-refractivity contribution in [1.29, 1.82) is 5.26 Å². The van der Waals surface area contributed by atoms with Gasteiger partial charge in [-0.15, -0.1) is 0 Å². The molecule has 7 heteroatoms. The monoisotopic (exact) mass is 387 g/mol. The van der Waals surface area contributed by atoms with Crippen LogP contribution < -0.4 is 10.1 Å². The molecule has 2 rings (SSSR count). The Balaban J connectivity index is 2.17. The predicted octanol–water partition coefficient (Wildman–Crippen LogP) is 2.45. The van der Waals surface area contributed by atoms with Gasteiger partial charge in [-0.1, -0.05) is 0 Å². The molecule has 0 bridgehead atoms. The first-order valence-corrected chi connectivity index (χ1v) is 7.41. The Labute approximate surface area is 130 Å². The Morgan fingerprint density at radius 1 is 1.60 bits per heavy atom. The SMILES string of the molecule is N#Cc1cc(I)c(OCC2CCCNC2)c([N+](=O)[O-])c1. The molecule has 1 N–H and O–H groups in total. The second-order valence-corrected chi connectivity index (χ2v) is 5.86. The highest BCUT2D eigenvalue weighted by Gasteiger charge is 2.22. The lowest BCUT2D eigenvalue weighted by molar-refractivity contribution is -0.386. The molecule has 1 saturated heterocycles. The van der Waals surface area contributed by atoms with Crippen LogP contribution in [0.3, 0.4) is 0 Å². The number of hydrogen-bond acceptors (Lipinski definition) is 5. The Kier molecular flexibility index (Phi) is 5.14. The molecule has 6 nitrogen and oxygen atoms in total. The molecule has 0 spiro atoms. The van der Waals surface area contributed by atoms with E-state index >= 15 is 0 Å². The summed E-state index contributed by atoms with van der Waals surface area (Å²) in [4.78, 5) is 10.6.